The molecule has 4 nitrogen and oxygen atoms in total. The first-order chi connectivity index (χ1) is 11.6. The van der Waals surface area contributed by atoms with Crippen LogP contribution in [0.25, 0.3) is 0 Å². The zero-order valence-corrected chi connectivity index (χ0v) is 14.7. The molecular weight excluding hydrogens is 349 g/mol. The maximum Gasteiger partial charge on any atom is 0.264 e. The summed E-state index contributed by atoms with van der Waals surface area (Å²) in [5.74, 6) is 1.09. The van der Waals surface area contributed by atoms with E-state index >= 15 is 0 Å². The quantitative estimate of drug-likeness (QED) is 0.807. The van der Waals surface area contributed by atoms with E-state index in [1.807, 2.05) is 18.2 Å². The summed E-state index contributed by atoms with van der Waals surface area (Å²) < 4.78 is 10.8. The molecule has 0 bridgehead atoms. The number of amides is 1. The Morgan fingerprint density at radius 2 is 2.08 bits per heavy atom. The van der Waals surface area contributed by atoms with Crippen LogP contribution in [0.15, 0.2) is 36.4 Å². The van der Waals surface area contributed by atoms with Crippen molar-refractivity contribution in [3.63, 3.8) is 0 Å². The third-order valence-electron chi connectivity index (χ3n) is 3.97. The molecule has 1 aliphatic rings. The minimum absolute atomic E-state index is 0.0917. The van der Waals surface area contributed by atoms with Crippen LogP contribution < -0.4 is 14.4 Å². The van der Waals surface area contributed by atoms with Crippen LogP contribution in [0, 0.1) is 0 Å². The fraction of sp³-hybridized carbons (Fsp3) is 0.278. The monoisotopic (exact) mass is 365 g/mol. The molecule has 1 aliphatic heterocycles. The molecule has 1 amide bonds. The number of ether oxygens (including phenoxy) is 2. The van der Waals surface area contributed by atoms with Crippen molar-refractivity contribution in [2.75, 3.05) is 25.2 Å². The van der Waals surface area contributed by atoms with Gasteiger partial charge in [0.1, 0.15) is 16.5 Å². The van der Waals surface area contributed by atoms with Crippen LogP contribution in [0.1, 0.15) is 12.0 Å². The van der Waals surface area contributed by atoms with E-state index in [9.17, 15) is 4.79 Å². The maximum absolute atomic E-state index is 12.6. The van der Waals surface area contributed by atoms with Crippen LogP contribution in [0.5, 0.6) is 11.5 Å². The Bertz CT molecular complexity index is 764. The average molecular weight is 366 g/mol. The van der Waals surface area contributed by atoms with Crippen molar-refractivity contribution >= 4 is 34.8 Å². The van der Waals surface area contributed by atoms with Crippen LogP contribution in [0.3, 0.4) is 0 Å². The van der Waals surface area contributed by atoms with Crippen molar-refractivity contribution in [1.82, 2.24) is 0 Å². The summed E-state index contributed by atoms with van der Waals surface area (Å²) in [5, 5.41) is 0.716. The molecule has 0 aromatic heterocycles. The van der Waals surface area contributed by atoms with Crippen molar-refractivity contribution < 1.29 is 14.3 Å². The van der Waals surface area contributed by atoms with Gasteiger partial charge in [0.15, 0.2) is 6.61 Å². The number of nitrogens with zero attached hydrogens (tertiary/aromatic N) is 1. The minimum atomic E-state index is -0.114. The maximum atomic E-state index is 12.6. The lowest BCUT2D eigenvalue weighted by Gasteiger charge is -2.29. The van der Waals surface area contributed by atoms with Crippen LogP contribution in [-0.2, 0) is 11.2 Å². The molecular formula is C18H17Cl2NO3. The van der Waals surface area contributed by atoms with E-state index in [4.69, 9.17) is 32.7 Å². The van der Waals surface area contributed by atoms with Crippen molar-refractivity contribution in [3.8, 4) is 11.5 Å². The molecule has 3 rings (SSSR count). The van der Waals surface area contributed by atoms with Gasteiger partial charge in [0, 0.05) is 12.2 Å². The Balaban J connectivity index is 1.74. The summed E-state index contributed by atoms with van der Waals surface area (Å²) >= 11 is 12.0. The first-order valence-electron chi connectivity index (χ1n) is 7.64. The number of carbonyl (C=O) groups excluding carboxylic acids is 1. The van der Waals surface area contributed by atoms with Gasteiger partial charge >= 0.3 is 0 Å². The molecule has 0 atom stereocenters. The number of methoxy groups -OCH3 is 1. The molecule has 1 heterocycles. The normalized spacial score (nSPS) is 13.4. The standard InChI is InChI=1S/C18H17Cl2NO3/c1-23-13-7-8-15-12(10-13)4-3-9-21(15)17(22)11-24-16-6-2-5-14(19)18(16)20/h2,5-8,10H,3-4,9,11H2,1H3. The first-order valence-corrected chi connectivity index (χ1v) is 8.40. The molecule has 2 aromatic rings. The first kappa shape index (κ1) is 16.9. The highest BCUT2D eigenvalue weighted by Crippen LogP contribution is 2.33. The smallest absolute Gasteiger partial charge is 0.264 e. The Labute approximate surface area is 150 Å². The van der Waals surface area contributed by atoms with Gasteiger partial charge in [-0.3, -0.25) is 4.79 Å². The number of anilines is 1. The number of hydrogen-bond donors (Lipinski definition) is 0. The van der Waals surface area contributed by atoms with Gasteiger partial charge in [0.25, 0.3) is 5.91 Å². The summed E-state index contributed by atoms with van der Waals surface area (Å²) in [7, 11) is 1.63. The van der Waals surface area contributed by atoms with Gasteiger partial charge in [0.2, 0.25) is 0 Å². The number of carbonyl (C=O) groups is 1. The van der Waals surface area contributed by atoms with E-state index in [-0.39, 0.29) is 12.5 Å². The van der Waals surface area contributed by atoms with Gasteiger partial charge in [-0.05, 0) is 48.7 Å². The minimum Gasteiger partial charge on any atom is -0.497 e. The van der Waals surface area contributed by atoms with Crippen LogP contribution in [0.2, 0.25) is 10.0 Å². The summed E-state index contributed by atoms with van der Waals surface area (Å²) in [6.07, 6.45) is 1.83. The zero-order valence-electron chi connectivity index (χ0n) is 13.2. The molecule has 0 unspecified atom stereocenters. The SMILES string of the molecule is COc1ccc2c(c1)CCCN2C(=O)COc1cccc(Cl)c1Cl. The van der Waals surface area contributed by atoms with Gasteiger partial charge in [-0.2, -0.15) is 0 Å². The third-order valence-corrected chi connectivity index (χ3v) is 4.78. The number of fused-ring (bicyclic) bond motifs is 1. The second kappa shape index (κ2) is 7.32. The Morgan fingerprint density at radius 1 is 1.25 bits per heavy atom. The number of rotatable bonds is 4. The molecule has 24 heavy (non-hydrogen) atoms. The number of aryl methyl sites for hydroxylation is 1. The number of hydrogen-bond acceptors (Lipinski definition) is 3. The Morgan fingerprint density at radius 3 is 2.88 bits per heavy atom. The third kappa shape index (κ3) is 3.45. The second-order valence-corrected chi connectivity index (χ2v) is 6.27. The van der Waals surface area contributed by atoms with Crippen molar-refractivity contribution in [1.29, 1.82) is 0 Å². The molecule has 0 spiro atoms. The van der Waals surface area contributed by atoms with Crippen LogP contribution in [-0.4, -0.2) is 26.2 Å². The molecule has 0 aliphatic carbocycles. The van der Waals surface area contributed by atoms with Gasteiger partial charge in [0.05, 0.1) is 12.1 Å². The van der Waals surface area contributed by atoms with Crippen molar-refractivity contribution in [2.45, 2.75) is 12.8 Å². The van der Waals surface area contributed by atoms with Crippen LogP contribution in [0.4, 0.5) is 5.69 Å². The zero-order chi connectivity index (χ0) is 17.1. The molecule has 0 radical (unpaired) electrons. The summed E-state index contributed by atoms with van der Waals surface area (Å²) in [4.78, 5) is 14.3. The lowest BCUT2D eigenvalue weighted by Crippen LogP contribution is -2.38. The highest BCUT2D eigenvalue weighted by Gasteiger charge is 2.23. The predicted octanol–water partition coefficient (Wildman–Crippen LogP) is 4.36. The van der Waals surface area contributed by atoms with E-state index in [1.54, 1.807) is 30.2 Å². The van der Waals surface area contributed by atoms with Crippen molar-refractivity contribution in [3.05, 3.63) is 52.0 Å². The van der Waals surface area contributed by atoms with Gasteiger partial charge in [-0.1, -0.05) is 29.3 Å². The lowest BCUT2D eigenvalue weighted by molar-refractivity contribution is -0.120. The number of halogens is 2. The summed E-state index contributed by atoms with van der Waals surface area (Å²) in [6.45, 7) is 0.580. The van der Waals surface area contributed by atoms with Crippen LogP contribution >= 0.6 is 23.2 Å². The van der Waals surface area contributed by atoms with Gasteiger partial charge in [-0.25, -0.2) is 0 Å². The van der Waals surface area contributed by atoms with E-state index in [0.717, 1.165) is 29.8 Å². The number of benzene rings is 2. The van der Waals surface area contributed by atoms with Gasteiger partial charge < -0.3 is 14.4 Å². The highest BCUT2D eigenvalue weighted by molar-refractivity contribution is 6.42. The Kier molecular flexibility index (Phi) is 5.17. The highest BCUT2D eigenvalue weighted by atomic mass is 35.5. The molecule has 6 heteroatoms. The molecule has 0 saturated carbocycles. The topological polar surface area (TPSA) is 38.8 Å². The van der Waals surface area contributed by atoms with E-state index in [0.29, 0.717) is 22.3 Å². The molecule has 0 fully saturated rings. The molecule has 126 valence electrons. The second-order valence-electron chi connectivity index (χ2n) is 5.48. The van der Waals surface area contributed by atoms with E-state index < -0.39 is 0 Å². The molecule has 0 saturated heterocycles. The average Bonchev–Trinajstić information content (AvgIpc) is 2.61. The Hall–Kier alpha value is -1.91. The fourth-order valence-electron chi connectivity index (χ4n) is 2.77. The summed E-state index contributed by atoms with van der Waals surface area (Å²) in [6, 6.07) is 10.8. The van der Waals surface area contributed by atoms with E-state index in [2.05, 4.69) is 0 Å². The van der Waals surface area contributed by atoms with Crippen molar-refractivity contribution in [2.24, 2.45) is 0 Å². The van der Waals surface area contributed by atoms with E-state index in [1.165, 1.54) is 0 Å². The molecule has 0 N–H and O–H groups in total. The lowest BCUT2D eigenvalue weighted by atomic mass is 10.0. The predicted molar refractivity (Wildman–Crippen MR) is 95.6 cm³/mol. The van der Waals surface area contributed by atoms with Gasteiger partial charge in [-0.15, -0.1) is 0 Å². The largest absolute Gasteiger partial charge is 0.497 e. The summed E-state index contributed by atoms with van der Waals surface area (Å²) in [5.41, 5.74) is 2.02. The fourth-order valence-corrected chi connectivity index (χ4v) is 3.12. The molecule has 2 aromatic carbocycles.